The van der Waals surface area contributed by atoms with Crippen LogP contribution in [0.15, 0.2) is 53.7 Å². The summed E-state index contributed by atoms with van der Waals surface area (Å²) >= 11 is 1.54. The molecule has 1 N–H and O–H groups in total. The Balaban J connectivity index is 1.34. The van der Waals surface area contributed by atoms with Gasteiger partial charge in [0, 0.05) is 30.4 Å². The van der Waals surface area contributed by atoms with Crippen LogP contribution < -0.4 is 9.47 Å². The van der Waals surface area contributed by atoms with Crippen molar-refractivity contribution in [2.75, 3.05) is 26.0 Å². The number of para-hydroxylation sites is 2. The Morgan fingerprint density at radius 2 is 1.83 bits per heavy atom. The summed E-state index contributed by atoms with van der Waals surface area (Å²) in [5.41, 5.74) is 0. The summed E-state index contributed by atoms with van der Waals surface area (Å²) in [7, 11) is 1.61. The highest BCUT2D eigenvalue weighted by Gasteiger charge is 2.44. The second-order valence-electron chi connectivity index (χ2n) is 7.64. The van der Waals surface area contributed by atoms with E-state index in [0.717, 1.165) is 24.4 Å². The summed E-state index contributed by atoms with van der Waals surface area (Å²) in [5, 5.41) is 10.6. The van der Waals surface area contributed by atoms with Crippen LogP contribution in [0.5, 0.6) is 11.5 Å². The molecule has 2 aromatic rings. The third-order valence-electron chi connectivity index (χ3n) is 5.80. The number of aliphatic hydroxyl groups excluding tert-OH is 1. The highest BCUT2D eigenvalue weighted by molar-refractivity contribution is 8.00. The molecule has 7 heteroatoms. The van der Waals surface area contributed by atoms with Gasteiger partial charge in [0.05, 0.1) is 19.0 Å². The predicted octanol–water partition coefficient (Wildman–Crippen LogP) is 2.86. The zero-order valence-corrected chi connectivity index (χ0v) is 17.3. The first-order chi connectivity index (χ1) is 14.1. The fraction of sp³-hybridized carbons (Fsp3) is 0.455. The molecule has 0 bridgehead atoms. The van der Waals surface area contributed by atoms with E-state index in [4.69, 9.17) is 9.47 Å². The Morgan fingerprint density at radius 3 is 2.55 bits per heavy atom. The summed E-state index contributed by atoms with van der Waals surface area (Å²) in [4.78, 5) is 19.7. The molecule has 1 aliphatic carbocycles. The van der Waals surface area contributed by atoms with Gasteiger partial charge in [-0.15, -0.1) is 11.8 Å². The third-order valence-corrected chi connectivity index (χ3v) is 6.79. The van der Waals surface area contributed by atoms with Crippen molar-refractivity contribution in [2.45, 2.75) is 29.9 Å². The van der Waals surface area contributed by atoms with Crippen LogP contribution in [0.1, 0.15) is 12.8 Å². The molecule has 1 aliphatic heterocycles. The molecule has 1 saturated heterocycles. The van der Waals surface area contributed by atoms with Gasteiger partial charge in [-0.25, -0.2) is 0 Å². The van der Waals surface area contributed by atoms with Gasteiger partial charge in [0.1, 0.15) is 6.10 Å². The number of carbonyl (C=O) groups excluding carboxylic acids is 1. The van der Waals surface area contributed by atoms with Gasteiger partial charge in [-0.1, -0.05) is 12.1 Å². The van der Waals surface area contributed by atoms with Gasteiger partial charge in [0.15, 0.2) is 11.5 Å². The van der Waals surface area contributed by atoms with E-state index in [1.54, 1.807) is 19.5 Å². The first kappa shape index (κ1) is 20.0. The maximum Gasteiger partial charge on any atom is 0.232 e. The maximum absolute atomic E-state index is 12.7. The average molecular weight is 415 g/mol. The van der Waals surface area contributed by atoms with Gasteiger partial charge < -0.3 is 19.5 Å². The molecule has 4 atom stereocenters. The predicted molar refractivity (Wildman–Crippen MR) is 111 cm³/mol. The molecule has 0 radical (unpaired) electrons. The van der Waals surface area contributed by atoms with E-state index in [0.29, 0.717) is 35.5 Å². The highest BCUT2D eigenvalue weighted by Crippen LogP contribution is 2.39. The minimum Gasteiger partial charge on any atom is -0.493 e. The number of fused-ring (bicyclic) bond motifs is 1. The fourth-order valence-electron chi connectivity index (χ4n) is 4.27. The van der Waals surface area contributed by atoms with E-state index in [1.807, 2.05) is 41.3 Å². The van der Waals surface area contributed by atoms with Crippen molar-refractivity contribution < 1.29 is 19.4 Å². The molecule has 1 amide bonds. The number of thioether (sulfide) groups is 1. The summed E-state index contributed by atoms with van der Waals surface area (Å²) in [5.74, 6) is 2.58. The van der Waals surface area contributed by atoms with Gasteiger partial charge in [0.2, 0.25) is 5.91 Å². The number of likely N-dealkylation sites (tertiary alicyclic amines) is 1. The molecular formula is C22H26N2O4S. The van der Waals surface area contributed by atoms with Crippen LogP contribution in [0.2, 0.25) is 0 Å². The van der Waals surface area contributed by atoms with Crippen molar-refractivity contribution in [3.8, 4) is 11.5 Å². The molecule has 2 aliphatic rings. The molecule has 4 rings (SSSR count). The summed E-state index contributed by atoms with van der Waals surface area (Å²) in [6, 6.07) is 11.3. The Bertz CT molecular complexity index is 835. The molecule has 1 aromatic heterocycles. The van der Waals surface area contributed by atoms with Crippen molar-refractivity contribution in [1.82, 2.24) is 9.88 Å². The van der Waals surface area contributed by atoms with Crippen LogP contribution in [0.3, 0.4) is 0 Å². The second-order valence-corrected chi connectivity index (χ2v) is 8.69. The topological polar surface area (TPSA) is 71.9 Å². The van der Waals surface area contributed by atoms with Gasteiger partial charge in [-0.3, -0.25) is 9.78 Å². The molecule has 2 fully saturated rings. The smallest absolute Gasteiger partial charge is 0.232 e. The van der Waals surface area contributed by atoms with Crippen LogP contribution in [0.4, 0.5) is 0 Å². The number of nitrogens with zero attached hydrogens (tertiary/aromatic N) is 2. The van der Waals surface area contributed by atoms with E-state index in [9.17, 15) is 9.90 Å². The SMILES string of the molecule is COc1ccccc1O[C@@H]1C[C@@H]2CN(C(=O)CSc3ccncc3)C[C@@H]2C[C@H]1O. The monoisotopic (exact) mass is 414 g/mol. The zero-order valence-electron chi connectivity index (χ0n) is 16.4. The molecule has 2 heterocycles. The number of amides is 1. The quantitative estimate of drug-likeness (QED) is 0.733. The first-order valence-electron chi connectivity index (χ1n) is 9.92. The van der Waals surface area contributed by atoms with Crippen molar-refractivity contribution >= 4 is 17.7 Å². The first-order valence-corrected chi connectivity index (χ1v) is 10.9. The molecule has 1 saturated carbocycles. The van der Waals surface area contributed by atoms with E-state index >= 15 is 0 Å². The van der Waals surface area contributed by atoms with E-state index in [2.05, 4.69) is 4.98 Å². The van der Waals surface area contributed by atoms with Crippen LogP contribution in [-0.4, -0.2) is 59.1 Å². The second kappa shape index (κ2) is 9.05. The van der Waals surface area contributed by atoms with Gasteiger partial charge in [-0.05, 0) is 48.9 Å². The largest absolute Gasteiger partial charge is 0.493 e. The Hall–Kier alpha value is -2.25. The lowest BCUT2D eigenvalue weighted by atomic mass is 9.78. The van der Waals surface area contributed by atoms with Crippen LogP contribution >= 0.6 is 11.8 Å². The number of aromatic nitrogens is 1. The number of hydrogen-bond donors (Lipinski definition) is 1. The van der Waals surface area contributed by atoms with Crippen LogP contribution in [0.25, 0.3) is 0 Å². The molecule has 1 aromatic carbocycles. The van der Waals surface area contributed by atoms with E-state index in [1.165, 1.54) is 11.8 Å². The number of methoxy groups -OCH3 is 1. The van der Waals surface area contributed by atoms with Crippen molar-refractivity contribution in [2.24, 2.45) is 11.8 Å². The Labute approximate surface area is 175 Å². The lowest BCUT2D eigenvalue weighted by molar-refractivity contribution is -0.127. The van der Waals surface area contributed by atoms with Gasteiger partial charge >= 0.3 is 0 Å². The number of carbonyl (C=O) groups is 1. The molecule has 154 valence electrons. The average Bonchev–Trinajstić information content (AvgIpc) is 3.16. The number of ether oxygens (including phenoxy) is 2. The maximum atomic E-state index is 12.7. The third kappa shape index (κ3) is 4.67. The number of hydrogen-bond acceptors (Lipinski definition) is 6. The van der Waals surface area contributed by atoms with Crippen molar-refractivity contribution in [3.05, 3.63) is 48.8 Å². The minimum absolute atomic E-state index is 0.151. The van der Waals surface area contributed by atoms with Crippen LogP contribution in [-0.2, 0) is 4.79 Å². The number of aliphatic hydroxyl groups is 1. The molecule has 0 unspecified atom stereocenters. The Kier molecular flexibility index (Phi) is 6.25. The summed E-state index contributed by atoms with van der Waals surface area (Å²) < 4.78 is 11.5. The van der Waals surface area contributed by atoms with E-state index in [-0.39, 0.29) is 12.0 Å². The lowest BCUT2D eigenvalue weighted by Crippen LogP contribution is -2.42. The zero-order chi connectivity index (χ0) is 20.2. The Morgan fingerprint density at radius 1 is 1.14 bits per heavy atom. The molecule has 29 heavy (non-hydrogen) atoms. The highest BCUT2D eigenvalue weighted by atomic mass is 32.2. The minimum atomic E-state index is -0.539. The molecular weight excluding hydrogens is 388 g/mol. The van der Waals surface area contributed by atoms with Crippen LogP contribution in [0, 0.1) is 11.8 Å². The summed E-state index contributed by atoms with van der Waals surface area (Å²) in [6.45, 7) is 1.46. The van der Waals surface area contributed by atoms with Gasteiger partial charge in [-0.2, -0.15) is 0 Å². The number of benzene rings is 1. The molecule has 0 spiro atoms. The van der Waals surface area contributed by atoms with Crippen molar-refractivity contribution in [3.63, 3.8) is 0 Å². The standard InChI is InChI=1S/C22H26N2O4S/c1-27-19-4-2-3-5-20(19)28-21-11-16-13-24(12-15(16)10-18(21)25)22(26)14-29-17-6-8-23-9-7-17/h2-9,15-16,18,21,25H,10-14H2,1H3/t15-,16+,18+,21+/m0/s1. The summed E-state index contributed by atoms with van der Waals surface area (Å²) in [6.07, 6.45) is 4.05. The number of rotatable bonds is 6. The van der Waals surface area contributed by atoms with Crippen molar-refractivity contribution in [1.29, 1.82) is 0 Å². The number of pyridine rings is 1. The lowest BCUT2D eigenvalue weighted by Gasteiger charge is -2.35. The fourth-order valence-corrected chi connectivity index (χ4v) is 5.06. The van der Waals surface area contributed by atoms with E-state index < -0.39 is 6.10 Å². The normalized spacial score (nSPS) is 26.1. The van der Waals surface area contributed by atoms with Gasteiger partial charge in [0.25, 0.3) is 0 Å². The molecule has 6 nitrogen and oxygen atoms in total.